The largest absolute Gasteiger partial charge is 0.481 e. The Bertz CT molecular complexity index is 970. The third-order valence-corrected chi connectivity index (χ3v) is 5.44. The molecule has 2 aromatic heterocycles. The number of carboxylic acids is 1. The Labute approximate surface area is 179 Å². The molecule has 0 unspecified atom stereocenters. The van der Waals surface area contributed by atoms with Crippen LogP contribution in [0.2, 0.25) is 10.0 Å². The smallest absolute Gasteiger partial charge is 0.305 e. The molecule has 0 spiro atoms. The minimum absolute atomic E-state index is 0.0938. The Morgan fingerprint density at radius 1 is 1.28 bits per heavy atom. The van der Waals surface area contributed by atoms with E-state index in [9.17, 15) is 4.79 Å². The number of aromatic nitrogens is 1. The van der Waals surface area contributed by atoms with Crippen molar-refractivity contribution in [2.24, 2.45) is 0 Å². The lowest BCUT2D eigenvalue weighted by Crippen LogP contribution is -2.19. The normalized spacial score (nSPS) is 13.4. The van der Waals surface area contributed by atoms with E-state index in [0.29, 0.717) is 16.7 Å². The van der Waals surface area contributed by atoms with Crippen LogP contribution >= 0.6 is 23.2 Å². The van der Waals surface area contributed by atoms with Gasteiger partial charge in [0.2, 0.25) is 0 Å². The average Bonchev–Trinajstić information content (AvgIpc) is 3.43. The second kappa shape index (κ2) is 9.96. The van der Waals surface area contributed by atoms with Gasteiger partial charge in [-0.1, -0.05) is 29.3 Å². The van der Waals surface area contributed by atoms with Crippen LogP contribution in [-0.4, -0.2) is 42.9 Å². The van der Waals surface area contributed by atoms with E-state index >= 15 is 0 Å². The number of ether oxygens (including phenoxy) is 1. The van der Waals surface area contributed by atoms with Gasteiger partial charge in [0.1, 0.15) is 5.82 Å². The summed E-state index contributed by atoms with van der Waals surface area (Å²) >= 11 is 12.6. The fourth-order valence-electron chi connectivity index (χ4n) is 3.17. The van der Waals surface area contributed by atoms with Crippen molar-refractivity contribution in [1.29, 1.82) is 0 Å². The van der Waals surface area contributed by atoms with Crippen LogP contribution in [0.1, 0.15) is 19.3 Å². The first-order valence-electron chi connectivity index (χ1n) is 9.28. The molecule has 1 fully saturated rings. The zero-order valence-corrected chi connectivity index (χ0v) is 17.5. The van der Waals surface area contributed by atoms with Crippen molar-refractivity contribution in [2.45, 2.75) is 19.3 Å². The highest BCUT2D eigenvalue weighted by molar-refractivity contribution is 6.45. The molecule has 1 N–H and O–H groups in total. The van der Waals surface area contributed by atoms with Crippen LogP contribution in [0.3, 0.4) is 0 Å². The van der Waals surface area contributed by atoms with Crippen molar-refractivity contribution in [3.8, 4) is 11.1 Å². The van der Waals surface area contributed by atoms with E-state index in [1.165, 1.54) is 20.0 Å². The molecule has 4 rings (SSSR count). The van der Waals surface area contributed by atoms with Crippen molar-refractivity contribution in [3.05, 3.63) is 46.8 Å². The molecule has 154 valence electrons. The molecule has 29 heavy (non-hydrogen) atoms. The quantitative estimate of drug-likeness (QED) is 0.567. The summed E-state index contributed by atoms with van der Waals surface area (Å²) in [6.45, 7) is 2.36. The Morgan fingerprint density at radius 2 is 2.03 bits per heavy atom. The van der Waals surface area contributed by atoms with E-state index in [1.54, 1.807) is 12.5 Å². The SMILES string of the molecule is COCCC(=O)O.Clc1ccc2c(-c3ccoc3)cc(N3CCCC3)nc2c1Cl. The van der Waals surface area contributed by atoms with Gasteiger partial charge >= 0.3 is 5.97 Å². The number of hydrogen-bond acceptors (Lipinski definition) is 5. The number of fused-ring (bicyclic) bond motifs is 1. The van der Waals surface area contributed by atoms with Crippen LogP contribution in [0, 0.1) is 0 Å². The molecule has 6 nitrogen and oxygen atoms in total. The zero-order chi connectivity index (χ0) is 20.8. The van der Waals surface area contributed by atoms with E-state index in [0.717, 1.165) is 40.9 Å². The van der Waals surface area contributed by atoms with Crippen molar-refractivity contribution >= 4 is 45.9 Å². The molecule has 0 bridgehead atoms. The zero-order valence-electron chi connectivity index (χ0n) is 16.0. The molecule has 1 aliphatic heterocycles. The van der Waals surface area contributed by atoms with E-state index in [1.807, 2.05) is 18.2 Å². The lowest BCUT2D eigenvalue weighted by atomic mass is 10.0. The van der Waals surface area contributed by atoms with E-state index in [-0.39, 0.29) is 6.42 Å². The van der Waals surface area contributed by atoms with Gasteiger partial charge in [-0.15, -0.1) is 0 Å². The second-order valence-corrected chi connectivity index (χ2v) is 7.41. The van der Waals surface area contributed by atoms with Crippen LogP contribution in [-0.2, 0) is 9.53 Å². The number of anilines is 1. The molecule has 0 atom stereocenters. The van der Waals surface area contributed by atoms with Crippen molar-refractivity contribution in [1.82, 2.24) is 4.98 Å². The molecule has 0 saturated carbocycles. The summed E-state index contributed by atoms with van der Waals surface area (Å²) in [5, 5.41) is 9.98. The van der Waals surface area contributed by atoms with Gasteiger partial charge in [-0.3, -0.25) is 4.79 Å². The maximum atomic E-state index is 9.68. The number of carboxylic acid groups (broad SMARTS) is 1. The highest BCUT2D eigenvalue weighted by Gasteiger charge is 2.18. The van der Waals surface area contributed by atoms with Crippen molar-refractivity contribution < 1.29 is 19.1 Å². The summed E-state index contributed by atoms with van der Waals surface area (Å²) in [5.74, 6) is 0.132. The molecule has 3 heterocycles. The molecule has 0 amide bonds. The average molecular weight is 437 g/mol. The number of hydrogen-bond donors (Lipinski definition) is 1. The number of methoxy groups -OCH3 is 1. The maximum absolute atomic E-state index is 9.68. The van der Waals surface area contributed by atoms with Crippen molar-refractivity contribution in [3.63, 3.8) is 0 Å². The van der Waals surface area contributed by atoms with Crippen LogP contribution in [0.15, 0.2) is 41.2 Å². The first-order valence-corrected chi connectivity index (χ1v) is 10.0. The number of halogens is 2. The molecule has 0 radical (unpaired) electrons. The molecular weight excluding hydrogens is 415 g/mol. The number of furan rings is 1. The number of benzene rings is 1. The molecular formula is C21H22Cl2N2O4. The first-order chi connectivity index (χ1) is 14.0. The fourth-order valence-corrected chi connectivity index (χ4v) is 3.53. The topological polar surface area (TPSA) is 75.8 Å². The van der Waals surface area contributed by atoms with E-state index in [2.05, 4.69) is 15.7 Å². The molecule has 8 heteroatoms. The van der Waals surface area contributed by atoms with Gasteiger partial charge < -0.3 is 19.2 Å². The van der Waals surface area contributed by atoms with E-state index < -0.39 is 5.97 Å². The standard InChI is InChI=1S/C17H14Cl2N2O.C4H8O3/c18-14-4-3-12-13(11-5-8-22-10-11)9-15(20-17(12)16(14)19)21-6-1-2-7-21;1-7-3-2-4(5)6/h3-5,8-10H,1-2,6-7H2;2-3H2,1H3,(H,5,6). The summed E-state index contributed by atoms with van der Waals surface area (Å²) in [7, 11) is 1.48. The number of rotatable bonds is 5. The highest BCUT2D eigenvalue weighted by atomic mass is 35.5. The van der Waals surface area contributed by atoms with Gasteiger partial charge in [0.15, 0.2) is 0 Å². The maximum Gasteiger partial charge on any atom is 0.305 e. The number of aliphatic carboxylic acids is 1. The van der Waals surface area contributed by atoms with Gasteiger partial charge in [-0.2, -0.15) is 0 Å². The summed E-state index contributed by atoms with van der Waals surface area (Å²) in [6.07, 6.45) is 5.91. The van der Waals surface area contributed by atoms with Gasteiger partial charge in [-0.05, 0) is 36.6 Å². The Hall–Kier alpha value is -2.28. The van der Waals surface area contributed by atoms with Gasteiger partial charge in [0.05, 0.1) is 41.1 Å². The predicted octanol–water partition coefficient (Wildman–Crippen LogP) is 5.51. The minimum atomic E-state index is -0.818. The number of carbonyl (C=O) groups is 1. The van der Waals surface area contributed by atoms with Crippen LogP contribution in [0.5, 0.6) is 0 Å². The molecule has 1 aromatic carbocycles. The number of pyridine rings is 1. The van der Waals surface area contributed by atoms with Crippen molar-refractivity contribution in [2.75, 3.05) is 31.7 Å². The molecule has 1 saturated heterocycles. The summed E-state index contributed by atoms with van der Waals surface area (Å²) in [5.41, 5.74) is 2.83. The molecule has 3 aromatic rings. The lowest BCUT2D eigenvalue weighted by molar-refractivity contribution is -0.137. The second-order valence-electron chi connectivity index (χ2n) is 6.63. The monoisotopic (exact) mass is 436 g/mol. The molecule has 1 aliphatic rings. The predicted molar refractivity (Wildman–Crippen MR) is 115 cm³/mol. The third-order valence-electron chi connectivity index (χ3n) is 4.64. The van der Waals surface area contributed by atoms with Gasteiger partial charge in [-0.25, -0.2) is 4.98 Å². The van der Waals surface area contributed by atoms with Gasteiger partial charge in [0.25, 0.3) is 0 Å². The first kappa shape index (κ1) is 21.4. The molecule has 0 aliphatic carbocycles. The van der Waals surface area contributed by atoms with Crippen LogP contribution in [0.25, 0.3) is 22.0 Å². The third kappa shape index (κ3) is 5.21. The summed E-state index contributed by atoms with van der Waals surface area (Å²) in [6, 6.07) is 7.84. The minimum Gasteiger partial charge on any atom is -0.481 e. The number of nitrogens with zero attached hydrogens (tertiary/aromatic N) is 2. The Balaban J connectivity index is 0.000000298. The lowest BCUT2D eigenvalue weighted by Gasteiger charge is -2.19. The highest BCUT2D eigenvalue weighted by Crippen LogP contribution is 2.38. The van der Waals surface area contributed by atoms with E-state index in [4.69, 9.17) is 37.7 Å². The van der Waals surface area contributed by atoms with Crippen LogP contribution < -0.4 is 4.90 Å². The fraction of sp³-hybridized carbons (Fsp3) is 0.333. The summed E-state index contributed by atoms with van der Waals surface area (Å²) < 4.78 is 9.72. The van der Waals surface area contributed by atoms with Gasteiger partial charge in [0, 0.05) is 31.1 Å². The van der Waals surface area contributed by atoms with Crippen LogP contribution in [0.4, 0.5) is 5.82 Å². The Morgan fingerprint density at radius 3 is 2.62 bits per heavy atom. The Kier molecular flexibility index (Phi) is 7.36. The summed E-state index contributed by atoms with van der Waals surface area (Å²) in [4.78, 5) is 16.7.